The highest BCUT2D eigenvalue weighted by Crippen LogP contribution is 2.23. The van der Waals surface area contributed by atoms with Crippen LogP contribution < -0.4 is 0 Å². The summed E-state index contributed by atoms with van der Waals surface area (Å²) in [7, 11) is 0. The van der Waals surface area contributed by atoms with Crippen molar-refractivity contribution < 1.29 is 9.53 Å². The van der Waals surface area contributed by atoms with Gasteiger partial charge in [-0.25, -0.2) is 4.98 Å². The van der Waals surface area contributed by atoms with Crippen LogP contribution in [0.4, 0.5) is 0 Å². The van der Waals surface area contributed by atoms with Crippen molar-refractivity contribution in [2.75, 3.05) is 6.61 Å². The summed E-state index contributed by atoms with van der Waals surface area (Å²) in [5.41, 5.74) is 2.31. The van der Waals surface area contributed by atoms with Gasteiger partial charge in [-0.05, 0) is 18.2 Å². The summed E-state index contributed by atoms with van der Waals surface area (Å²) in [5.74, 6) is 0.0126. The van der Waals surface area contributed by atoms with Crippen LogP contribution in [0.15, 0.2) is 28.7 Å². The van der Waals surface area contributed by atoms with E-state index in [9.17, 15) is 4.79 Å². The Morgan fingerprint density at radius 3 is 3.00 bits per heavy atom. The van der Waals surface area contributed by atoms with Gasteiger partial charge in [-0.2, -0.15) is 0 Å². The Morgan fingerprint density at radius 1 is 1.25 bits per heavy atom. The van der Waals surface area contributed by atoms with Crippen LogP contribution in [0, 0.1) is 0 Å². The van der Waals surface area contributed by atoms with Gasteiger partial charge in [0, 0.05) is 15.4 Å². The number of halogens is 1. The van der Waals surface area contributed by atoms with Crippen molar-refractivity contribution in [3.63, 3.8) is 0 Å². The Labute approximate surface area is 101 Å². The monoisotopic (exact) mass is 277 g/mol. The molecule has 3 rings (SSSR count). The summed E-state index contributed by atoms with van der Waals surface area (Å²) in [6.45, 7) is 0.584. The molecule has 0 N–H and O–H groups in total. The van der Waals surface area contributed by atoms with Crippen molar-refractivity contribution in [3.05, 3.63) is 40.0 Å². The lowest BCUT2D eigenvalue weighted by atomic mass is 10.0. The molecule has 0 atom stereocenters. The largest absolute Gasteiger partial charge is 0.367 e. The van der Waals surface area contributed by atoms with E-state index >= 15 is 0 Å². The van der Waals surface area contributed by atoms with E-state index in [0.717, 1.165) is 21.1 Å². The number of rotatable bonds is 0. The molecule has 0 saturated heterocycles. The van der Waals surface area contributed by atoms with Gasteiger partial charge in [0.2, 0.25) is 0 Å². The average molecular weight is 278 g/mol. The Balaban J connectivity index is 2.30. The molecule has 1 aromatic heterocycles. The number of benzene rings is 1. The molecule has 2 aromatic rings. The van der Waals surface area contributed by atoms with Crippen LogP contribution in [0.1, 0.15) is 16.1 Å². The first-order valence-electron chi connectivity index (χ1n) is 4.94. The molecule has 80 valence electrons. The molecule has 0 saturated carbocycles. The Bertz CT molecular complexity index is 595. The van der Waals surface area contributed by atoms with Gasteiger partial charge in [0.05, 0.1) is 17.8 Å². The second-order valence-electron chi connectivity index (χ2n) is 3.74. The highest BCUT2D eigenvalue weighted by molar-refractivity contribution is 9.10. The van der Waals surface area contributed by atoms with Crippen LogP contribution in [0.2, 0.25) is 0 Å². The number of hydrogen-bond donors (Lipinski definition) is 0. The second-order valence-corrected chi connectivity index (χ2v) is 4.65. The average Bonchev–Trinajstić information content (AvgIpc) is 2.27. The van der Waals surface area contributed by atoms with Gasteiger partial charge in [-0.3, -0.25) is 4.79 Å². The summed E-state index contributed by atoms with van der Waals surface area (Å²) in [5, 5.41) is 0.984. The number of hydrogen-bond acceptors (Lipinski definition) is 3. The van der Waals surface area contributed by atoms with Crippen molar-refractivity contribution in [2.45, 2.75) is 6.61 Å². The number of ether oxygens (including phenoxy) is 1. The van der Waals surface area contributed by atoms with E-state index in [4.69, 9.17) is 4.74 Å². The minimum atomic E-state index is 0.0126. The zero-order valence-corrected chi connectivity index (χ0v) is 9.95. The first-order valence-corrected chi connectivity index (χ1v) is 5.73. The van der Waals surface area contributed by atoms with Crippen LogP contribution in [0.3, 0.4) is 0 Å². The molecular weight excluding hydrogens is 270 g/mol. The molecule has 0 amide bonds. The quantitative estimate of drug-likeness (QED) is 0.743. The van der Waals surface area contributed by atoms with E-state index in [2.05, 4.69) is 20.9 Å². The molecule has 16 heavy (non-hydrogen) atoms. The molecule has 1 aliphatic rings. The molecular formula is C12H8BrNO2. The molecule has 0 unspecified atom stereocenters. The predicted octanol–water partition coefficient (Wildman–Crippen LogP) is 2.71. The van der Waals surface area contributed by atoms with Gasteiger partial charge in [-0.1, -0.05) is 22.0 Å². The molecule has 0 bridgehead atoms. The maximum atomic E-state index is 11.6. The summed E-state index contributed by atoms with van der Waals surface area (Å²) < 4.78 is 6.15. The molecule has 3 nitrogen and oxygen atoms in total. The van der Waals surface area contributed by atoms with Crippen molar-refractivity contribution >= 4 is 32.6 Å². The second kappa shape index (κ2) is 3.64. The first kappa shape index (κ1) is 9.93. The zero-order valence-electron chi connectivity index (χ0n) is 8.37. The highest BCUT2D eigenvalue weighted by Gasteiger charge is 2.19. The van der Waals surface area contributed by atoms with Crippen LogP contribution in [0.25, 0.3) is 10.9 Å². The number of carbonyl (C=O) groups is 1. The first-order chi connectivity index (χ1) is 7.74. The third kappa shape index (κ3) is 1.54. The van der Waals surface area contributed by atoms with Gasteiger partial charge in [0.15, 0.2) is 5.78 Å². The Morgan fingerprint density at radius 2 is 2.12 bits per heavy atom. The summed E-state index contributed by atoms with van der Waals surface area (Å²) >= 11 is 3.40. The zero-order chi connectivity index (χ0) is 11.1. The summed E-state index contributed by atoms with van der Waals surface area (Å²) in [4.78, 5) is 16.1. The number of carbonyl (C=O) groups excluding carboxylic acids is 1. The number of aromatic nitrogens is 1. The Hall–Kier alpha value is -1.26. The van der Waals surface area contributed by atoms with Crippen molar-refractivity contribution in [1.82, 2.24) is 4.98 Å². The lowest BCUT2D eigenvalue weighted by Crippen LogP contribution is -2.19. The lowest BCUT2D eigenvalue weighted by Gasteiger charge is -2.15. The molecule has 0 aliphatic carbocycles. The van der Waals surface area contributed by atoms with Crippen LogP contribution in [-0.4, -0.2) is 17.4 Å². The van der Waals surface area contributed by atoms with Gasteiger partial charge < -0.3 is 4.74 Å². The van der Waals surface area contributed by atoms with E-state index < -0.39 is 0 Å². The summed E-state index contributed by atoms with van der Waals surface area (Å²) in [6, 6.07) is 7.74. The fourth-order valence-corrected chi connectivity index (χ4v) is 2.20. The topological polar surface area (TPSA) is 39.2 Å². The summed E-state index contributed by atoms with van der Waals surface area (Å²) in [6.07, 6.45) is 0. The molecule has 0 radical (unpaired) electrons. The van der Waals surface area contributed by atoms with E-state index in [-0.39, 0.29) is 12.4 Å². The van der Waals surface area contributed by atoms with E-state index in [0.29, 0.717) is 12.2 Å². The number of ketones is 1. The fraction of sp³-hybridized carbons (Fsp3) is 0.167. The van der Waals surface area contributed by atoms with Crippen molar-refractivity contribution in [1.29, 1.82) is 0 Å². The number of fused-ring (bicyclic) bond motifs is 2. The smallest absolute Gasteiger partial charge is 0.190 e. The van der Waals surface area contributed by atoms with E-state index in [1.165, 1.54) is 0 Å². The molecule has 1 aliphatic heterocycles. The van der Waals surface area contributed by atoms with E-state index in [1.54, 1.807) is 0 Å². The van der Waals surface area contributed by atoms with Gasteiger partial charge in [0.25, 0.3) is 0 Å². The molecule has 4 heteroatoms. The fourth-order valence-electron chi connectivity index (χ4n) is 1.85. The minimum absolute atomic E-state index is 0.0126. The minimum Gasteiger partial charge on any atom is -0.367 e. The van der Waals surface area contributed by atoms with Crippen LogP contribution >= 0.6 is 15.9 Å². The van der Waals surface area contributed by atoms with Gasteiger partial charge in [0.1, 0.15) is 6.61 Å². The maximum Gasteiger partial charge on any atom is 0.190 e. The predicted molar refractivity (Wildman–Crippen MR) is 63.4 cm³/mol. The van der Waals surface area contributed by atoms with Crippen molar-refractivity contribution in [2.24, 2.45) is 0 Å². The highest BCUT2D eigenvalue weighted by atomic mass is 79.9. The molecule has 0 spiro atoms. The van der Waals surface area contributed by atoms with Gasteiger partial charge in [-0.15, -0.1) is 0 Å². The third-order valence-electron chi connectivity index (χ3n) is 2.63. The molecule has 2 heterocycles. The SMILES string of the molecule is O=C1COCc2nc3cc(Br)ccc3cc21. The maximum absolute atomic E-state index is 11.6. The number of Topliss-reactive ketones (excluding diaryl/α,β-unsaturated/α-hetero) is 1. The van der Waals surface area contributed by atoms with Crippen LogP contribution in [0.5, 0.6) is 0 Å². The third-order valence-corrected chi connectivity index (χ3v) is 3.12. The number of nitrogens with zero attached hydrogens (tertiary/aromatic N) is 1. The van der Waals surface area contributed by atoms with Crippen LogP contribution in [-0.2, 0) is 11.3 Å². The lowest BCUT2D eigenvalue weighted by molar-refractivity contribution is 0.0656. The Kier molecular flexibility index (Phi) is 2.26. The standard InChI is InChI=1S/C12H8BrNO2/c13-8-2-1-7-3-9-11(14-10(7)4-8)5-16-6-12(9)15/h1-4H,5-6H2. The van der Waals surface area contributed by atoms with E-state index in [1.807, 2.05) is 24.3 Å². The number of pyridine rings is 1. The molecule has 0 fully saturated rings. The van der Waals surface area contributed by atoms with Gasteiger partial charge >= 0.3 is 0 Å². The molecule has 1 aromatic carbocycles. The normalized spacial score (nSPS) is 15.2. The van der Waals surface area contributed by atoms with Crippen molar-refractivity contribution in [3.8, 4) is 0 Å².